The summed E-state index contributed by atoms with van der Waals surface area (Å²) < 4.78 is 5.19. The van der Waals surface area contributed by atoms with Gasteiger partial charge >= 0.3 is 5.97 Å². The Hall–Kier alpha value is -2.56. The van der Waals surface area contributed by atoms with E-state index in [0.29, 0.717) is 6.54 Å². The van der Waals surface area contributed by atoms with E-state index in [0.717, 1.165) is 38.5 Å². The van der Waals surface area contributed by atoms with Crippen LogP contribution in [-0.2, 0) is 6.42 Å². The van der Waals surface area contributed by atoms with E-state index in [4.69, 9.17) is 9.52 Å². The van der Waals surface area contributed by atoms with Gasteiger partial charge < -0.3 is 14.4 Å². The lowest BCUT2D eigenvalue weighted by atomic mass is 9.95. The lowest BCUT2D eigenvalue weighted by Crippen LogP contribution is -2.43. The Kier molecular flexibility index (Phi) is 5.53. The summed E-state index contributed by atoms with van der Waals surface area (Å²) in [4.78, 5) is 25.5. The molecule has 5 heteroatoms. The van der Waals surface area contributed by atoms with Crippen LogP contribution in [0.1, 0.15) is 58.8 Å². The first-order chi connectivity index (χ1) is 12.1. The molecule has 1 aliphatic heterocycles. The van der Waals surface area contributed by atoms with Crippen LogP contribution in [0.5, 0.6) is 0 Å². The van der Waals surface area contributed by atoms with Crippen molar-refractivity contribution < 1.29 is 19.1 Å². The third-order valence-electron chi connectivity index (χ3n) is 4.76. The molecule has 25 heavy (non-hydrogen) atoms. The van der Waals surface area contributed by atoms with Crippen molar-refractivity contribution in [2.75, 3.05) is 6.54 Å². The molecule has 1 aliphatic rings. The van der Waals surface area contributed by atoms with Crippen LogP contribution in [0.25, 0.3) is 0 Å². The monoisotopic (exact) mass is 341 g/mol. The fourth-order valence-corrected chi connectivity index (χ4v) is 3.46. The molecule has 5 nitrogen and oxygen atoms in total. The Morgan fingerprint density at radius 1 is 1.08 bits per heavy atom. The van der Waals surface area contributed by atoms with Crippen molar-refractivity contribution in [3.8, 4) is 0 Å². The highest BCUT2D eigenvalue weighted by molar-refractivity contribution is 5.93. The number of aromatic carboxylic acids is 1. The summed E-state index contributed by atoms with van der Waals surface area (Å²) in [5.74, 6) is -1.43. The molecule has 1 atom stereocenters. The number of furan rings is 1. The molecule has 0 saturated carbocycles. The molecular weight excluding hydrogens is 318 g/mol. The molecule has 1 fully saturated rings. The first-order valence-electron chi connectivity index (χ1n) is 8.83. The fourth-order valence-electron chi connectivity index (χ4n) is 3.46. The zero-order valence-electron chi connectivity index (χ0n) is 14.2. The van der Waals surface area contributed by atoms with Gasteiger partial charge in [0.15, 0.2) is 5.76 Å². The van der Waals surface area contributed by atoms with Crippen LogP contribution >= 0.6 is 0 Å². The molecule has 1 amide bonds. The summed E-state index contributed by atoms with van der Waals surface area (Å²) in [5.41, 5.74) is 1.31. The van der Waals surface area contributed by atoms with Crippen molar-refractivity contribution in [3.63, 3.8) is 0 Å². The van der Waals surface area contributed by atoms with E-state index in [2.05, 4.69) is 12.1 Å². The predicted octanol–water partition coefficient (Wildman–Crippen LogP) is 4.00. The number of hydrogen-bond donors (Lipinski definition) is 1. The average Bonchev–Trinajstić information content (AvgIpc) is 3.13. The third-order valence-corrected chi connectivity index (χ3v) is 4.76. The van der Waals surface area contributed by atoms with Crippen LogP contribution in [0.2, 0.25) is 0 Å². The number of carboxylic acids is 1. The summed E-state index contributed by atoms with van der Waals surface area (Å²) in [7, 11) is 0. The first-order valence-corrected chi connectivity index (χ1v) is 8.83. The van der Waals surface area contributed by atoms with Gasteiger partial charge in [0.05, 0.1) is 0 Å². The van der Waals surface area contributed by atoms with Gasteiger partial charge in [-0.3, -0.25) is 4.79 Å². The van der Waals surface area contributed by atoms with Crippen molar-refractivity contribution in [1.82, 2.24) is 4.90 Å². The number of carboxylic acid groups (broad SMARTS) is 1. The second-order valence-corrected chi connectivity index (χ2v) is 6.50. The summed E-state index contributed by atoms with van der Waals surface area (Å²) in [5, 5.41) is 8.95. The number of aryl methyl sites for hydroxylation is 1. The number of likely N-dealkylation sites (tertiary alicyclic amines) is 1. The highest BCUT2D eigenvalue weighted by Crippen LogP contribution is 2.24. The van der Waals surface area contributed by atoms with Crippen molar-refractivity contribution in [1.29, 1.82) is 0 Å². The molecule has 0 spiro atoms. The van der Waals surface area contributed by atoms with Gasteiger partial charge in [0.2, 0.25) is 5.76 Å². The average molecular weight is 341 g/mol. The lowest BCUT2D eigenvalue weighted by molar-refractivity contribution is 0.0557. The predicted molar refractivity (Wildman–Crippen MR) is 93.7 cm³/mol. The number of carbonyl (C=O) groups excluding carboxylic acids is 1. The van der Waals surface area contributed by atoms with E-state index >= 15 is 0 Å². The van der Waals surface area contributed by atoms with Crippen molar-refractivity contribution in [2.24, 2.45) is 0 Å². The Morgan fingerprint density at radius 3 is 2.56 bits per heavy atom. The van der Waals surface area contributed by atoms with Gasteiger partial charge in [-0.05, 0) is 56.2 Å². The zero-order chi connectivity index (χ0) is 17.6. The Morgan fingerprint density at radius 2 is 1.84 bits per heavy atom. The second kappa shape index (κ2) is 8.01. The molecule has 3 rings (SSSR count). The largest absolute Gasteiger partial charge is 0.475 e. The topological polar surface area (TPSA) is 70.8 Å². The van der Waals surface area contributed by atoms with Crippen LogP contribution in [-0.4, -0.2) is 34.5 Å². The van der Waals surface area contributed by atoms with Gasteiger partial charge in [0.1, 0.15) is 0 Å². The van der Waals surface area contributed by atoms with E-state index < -0.39 is 5.97 Å². The number of benzene rings is 1. The Labute approximate surface area is 147 Å². The van der Waals surface area contributed by atoms with Crippen LogP contribution in [0.15, 0.2) is 46.9 Å². The number of rotatable bonds is 6. The molecule has 0 bridgehead atoms. The highest BCUT2D eigenvalue weighted by Gasteiger charge is 2.29. The molecular formula is C20H23NO4. The number of amides is 1. The van der Waals surface area contributed by atoms with Gasteiger partial charge in [-0.25, -0.2) is 4.79 Å². The zero-order valence-corrected chi connectivity index (χ0v) is 14.2. The number of carbonyl (C=O) groups is 2. The standard InChI is InChI=1S/C20H23NO4/c22-19(17-12-13-18(25-17)20(23)24)21-14-5-4-10-16(21)11-6-9-15-7-2-1-3-8-15/h1-3,7-8,12-13,16H,4-6,9-11,14H2,(H,23,24). The lowest BCUT2D eigenvalue weighted by Gasteiger charge is -2.35. The molecule has 132 valence electrons. The van der Waals surface area contributed by atoms with Crippen molar-refractivity contribution in [2.45, 2.75) is 44.6 Å². The number of nitrogens with zero attached hydrogens (tertiary/aromatic N) is 1. The maximum Gasteiger partial charge on any atom is 0.371 e. The van der Waals surface area contributed by atoms with Crippen LogP contribution in [0, 0.1) is 0 Å². The van der Waals surface area contributed by atoms with Gasteiger partial charge in [-0.2, -0.15) is 0 Å². The van der Waals surface area contributed by atoms with E-state index in [-0.39, 0.29) is 23.5 Å². The van der Waals surface area contributed by atoms with Gasteiger partial charge in [0.25, 0.3) is 5.91 Å². The third kappa shape index (κ3) is 4.29. The van der Waals surface area contributed by atoms with E-state index in [1.165, 1.54) is 17.7 Å². The molecule has 1 aromatic heterocycles. The maximum absolute atomic E-state index is 12.7. The Bertz CT molecular complexity index is 722. The maximum atomic E-state index is 12.7. The number of hydrogen-bond acceptors (Lipinski definition) is 3. The van der Waals surface area contributed by atoms with E-state index in [1.807, 2.05) is 23.1 Å². The highest BCUT2D eigenvalue weighted by atomic mass is 16.4. The van der Waals surface area contributed by atoms with Crippen molar-refractivity contribution >= 4 is 11.9 Å². The minimum atomic E-state index is -1.16. The van der Waals surface area contributed by atoms with E-state index in [9.17, 15) is 9.59 Å². The van der Waals surface area contributed by atoms with Gasteiger partial charge in [-0.1, -0.05) is 30.3 Å². The molecule has 1 saturated heterocycles. The minimum Gasteiger partial charge on any atom is -0.475 e. The van der Waals surface area contributed by atoms with Crippen LogP contribution in [0.3, 0.4) is 0 Å². The summed E-state index contributed by atoms with van der Waals surface area (Å²) in [6, 6.07) is 13.3. The van der Waals surface area contributed by atoms with E-state index in [1.54, 1.807) is 0 Å². The fraction of sp³-hybridized carbons (Fsp3) is 0.400. The normalized spacial score (nSPS) is 17.4. The molecule has 1 aromatic carbocycles. The summed E-state index contributed by atoms with van der Waals surface area (Å²) in [6.07, 6.45) is 6.08. The second-order valence-electron chi connectivity index (χ2n) is 6.50. The van der Waals surface area contributed by atoms with Gasteiger partial charge in [-0.15, -0.1) is 0 Å². The van der Waals surface area contributed by atoms with Crippen LogP contribution < -0.4 is 0 Å². The smallest absolute Gasteiger partial charge is 0.371 e. The summed E-state index contributed by atoms with van der Waals surface area (Å²) in [6.45, 7) is 0.706. The Balaban J connectivity index is 1.61. The number of piperidine rings is 1. The molecule has 1 unspecified atom stereocenters. The molecule has 0 radical (unpaired) electrons. The molecule has 0 aliphatic carbocycles. The SMILES string of the molecule is O=C(O)c1ccc(C(=O)N2CCCCC2CCCc2ccccc2)o1. The molecule has 2 aromatic rings. The van der Waals surface area contributed by atoms with Crippen LogP contribution in [0.4, 0.5) is 0 Å². The quantitative estimate of drug-likeness (QED) is 0.862. The van der Waals surface area contributed by atoms with Gasteiger partial charge in [0, 0.05) is 12.6 Å². The van der Waals surface area contributed by atoms with Crippen molar-refractivity contribution in [3.05, 3.63) is 59.5 Å². The molecule has 2 heterocycles. The summed E-state index contributed by atoms with van der Waals surface area (Å²) >= 11 is 0. The first kappa shape index (κ1) is 17.3. The molecule has 1 N–H and O–H groups in total. The minimum absolute atomic E-state index is 0.118.